The van der Waals surface area contributed by atoms with Gasteiger partial charge in [0, 0.05) is 11.4 Å². The van der Waals surface area contributed by atoms with Crippen LogP contribution in [0, 0.1) is 6.92 Å². The number of hydrogen-bond donors (Lipinski definition) is 2. The van der Waals surface area contributed by atoms with E-state index in [4.69, 9.17) is 9.15 Å². The predicted molar refractivity (Wildman–Crippen MR) is 112 cm³/mol. The molecule has 29 heavy (non-hydrogen) atoms. The molecule has 2 aromatic carbocycles. The molecule has 3 aromatic rings. The van der Waals surface area contributed by atoms with E-state index in [-0.39, 0.29) is 24.2 Å². The summed E-state index contributed by atoms with van der Waals surface area (Å²) in [5, 5.41) is 5.56. The van der Waals surface area contributed by atoms with Crippen LogP contribution in [0.3, 0.4) is 0 Å². The second-order valence-electron chi connectivity index (χ2n) is 7.02. The molecule has 1 aromatic heterocycles. The second kappa shape index (κ2) is 9.10. The van der Waals surface area contributed by atoms with Crippen molar-refractivity contribution >= 4 is 23.2 Å². The summed E-state index contributed by atoms with van der Waals surface area (Å²) < 4.78 is 10.6. The highest BCUT2D eigenvalue weighted by Gasteiger charge is 2.11. The number of furan rings is 1. The summed E-state index contributed by atoms with van der Waals surface area (Å²) in [4.78, 5) is 24.4. The maximum Gasteiger partial charge on any atom is 0.291 e. The van der Waals surface area contributed by atoms with Gasteiger partial charge in [-0.1, -0.05) is 32.0 Å². The van der Waals surface area contributed by atoms with Crippen molar-refractivity contribution in [3.8, 4) is 5.75 Å². The summed E-state index contributed by atoms with van der Waals surface area (Å²) in [5.74, 6) is 0.657. The Morgan fingerprint density at radius 1 is 1.03 bits per heavy atom. The number of nitrogens with one attached hydrogen (secondary N) is 2. The molecule has 0 saturated heterocycles. The second-order valence-corrected chi connectivity index (χ2v) is 7.02. The summed E-state index contributed by atoms with van der Waals surface area (Å²) >= 11 is 0. The molecular weight excluding hydrogens is 368 g/mol. The van der Waals surface area contributed by atoms with Crippen LogP contribution in [0.1, 0.15) is 41.4 Å². The van der Waals surface area contributed by atoms with Crippen molar-refractivity contribution in [2.45, 2.75) is 26.7 Å². The monoisotopic (exact) mass is 392 g/mol. The Balaban J connectivity index is 1.58. The smallest absolute Gasteiger partial charge is 0.291 e. The Morgan fingerprint density at radius 3 is 2.45 bits per heavy atom. The SMILES string of the molecule is Cc1ccc(NC(=O)c2ccco2)cc1NC(=O)COc1ccc(C(C)C)cc1. The van der Waals surface area contributed by atoms with E-state index in [9.17, 15) is 9.59 Å². The van der Waals surface area contributed by atoms with E-state index in [1.54, 1.807) is 24.3 Å². The molecule has 0 radical (unpaired) electrons. The van der Waals surface area contributed by atoms with Gasteiger partial charge in [0.15, 0.2) is 12.4 Å². The van der Waals surface area contributed by atoms with Gasteiger partial charge in [-0.3, -0.25) is 9.59 Å². The molecule has 2 N–H and O–H groups in total. The quantitative estimate of drug-likeness (QED) is 0.594. The van der Waals surface area contributed by atoms with Crippen LogP contribution in [0.5, 0.6) is 5.75 Å². The van der Waals surface area contributed by atoms with Crippen molar-refractivity contribution in [3.63, 3.8) is 0 Å². The summed E-state index contributed by atoms with van der Waals surface area (Å²) in [5.41, 5.74) is 3.24. The van der Waals surface area contributed by atoms with Crippen LogP contribution in [0.2, 0.25) is 0 Å². The third-order valence-corrected chi connectivity index (χ3v) is 4.43. The fourth-order valence-electron chi connectivity index (χ4n) is 2.72. The first-order valence-electron chi connectivity index (χ1n) is 9.40. The number of hydrogen-bond acceptors (Lipinski definition) is 4. The van der Waals surface area contributed by atoms with Gasteiger partial charge in [0.05, 0.1) is 6.26 Å². The number of anilines is 2. The van der Waals surface area contributed by atoms with Gasteiger partial charge in [-0.2, -0.15) is 0 Å². The first-order valence-corrected chi connectivity index (χ1v) is 9.40. The maximum atomic E-state index is 12.3. The van der Waals surface area contributed by atoms with Crippen molar-refractivity contribution < 1.29 is 18.7 Å². The minimum atomic E-state index is -0.357. The van der Waals surface area contributed by atoms with Crippen LogP contribution in [0.4, 0.5) is 11.4 Å². The first kappa shape index (κ1) is 20.2. The van der Waals surface area contributed by atoms with Crippen molar-refractivity contribution in [1.29, 1.82) is 0 Å². The van der Waals surface area contributed by atoms with Gasteiger partial charge in [0.25, 0.3) is 11.8 Å². The predicted octanol–water partition coefficient (Wildman–Crippen LogP) is 4.98. The Bertz CT molecular complexity index is 977. The normalized spacial score (nSPS) is 10.6. The highest BCUT2D eigenvalue weighted by molar-refractivity contribution is 6.03. The van der Waals surface area contributed by atoms with Crippen LogP contribution in [-0.2, 0) is 4.79 Å². The molecule has 0 atom stereocenters. The van der Waals surface area contributed by atoms with Crippen molar-refractivity contribution in [3.05, 3.63) is 77.7 Å². The topological polar surface area (TPSA) is 80.6 Å². The molecule has 0 unspecified atom stereocenters. The third kappa shape index (κ3) is 5.48. The van der Waals surface area contributed by atoms with Crippen molar-refractivity contribution in [1.82, 2.24) is 0 Å². The molecule has 0 aliphatic heterocycles. The summed E-state index contributed by atoms with van der Waals surface area (Å²) in [6.07, 6.45) is 1.44. The molecule has 0 bridgehead atoms. The number of carbonyl (C=O) groups is 2. The fourth-order valence-corrected chi connectivity index (χ4v) is 2.72. The maximum absolute atomic E-state index is 12.3. The minimum absolute atomic E-state index is 0.108. The molecule has 0 aliphatic rings. The highest BCUT2D eigenvalue weighted by Crippen LogP contribution is 2.22. The standard InChI is InChI=1S/C23H24N2O4/c1-15(2)17-7-10-19(11-8-17)29-14-22(26)25-20-13-18(9-6-16(20)3)24-23(27)21-5-4-12-28-21/h4-13,15H,14H2,1-3H3,(H,24,27)(H,25,26). The van der Waals surface area contributed by atoms with E-state index in [0.29, 0.717) is 23.0 Å². The third-order valence-electron chi connectivity index (χ3n) is 4.43. The molecule has 0 fully saturated rings. The van der Waals surface area contributed by atoms with Crippen molar-refractivity contribution in [2.75, 3.05) is 17.2 Å². The van der Waals surface area contributed by atoms with E-state index < -0.39 is 0 Å². The number of rotatable bonds is 7. The molecule has 3 rings (SSSR count). The van der Waals surface area contributed by atoms with Crippen LogP contribution in [-0.4, -0.2) is 18.4 Å². The van der Waals surface area contributed by atoms with Gasteiger partial charge in [-0.15, -0.1) is 0 Å². The van der Waals surface area contributed by atoms with Gasteiger partial charge in [-0.05, 0) is 60.4 Å². The van der Waals surface area contributed by atoms with Gasteiger partial charge >= 0.3 is 0 Å². The Morgan fingerprint density at radius 2 is 1.79 bits per heavy atom. The molecule has 1 heterocycles. The first-order chi connectivity index (χ1) is 13.9. The van der Waals surface area contributed by atoms with E-state index in [2.05, 4.69) is 24.5 Å². The Labute approximate surface area is 169 Å². The van der Waals surface area contributed by atoms with Gasteiger partial charge < -0.3 is 19.8 Å². The summed E-state index contributed by atoms with van der Waals surface area (Å²) in [7, 11) is 0. The molecular formula is C23H24N2O4. The number of ether oxygens (including phenoxy) is 1. The fraction of sp³-hybridized carbons (Fsp3) is 0.217. The molecule has 2 amide bonds. The van der Waals surface area contributed by atoms with Crippen molar-refractivity contribution in [2.24, 2.45) is 0 Å². The number of benzene rings is 2. The zero-order valence-corrected chi connectivity index (χ0v) is 16.7. The van der Waals surface area contributed by atoms with E-state index >= 15 is 0 Å². The molecule has 0 saturated carbocycles. The Kier molecular flexibility index (Phi) is 6.34. The summed E-state index contributed by atoms with van der Waals surface area (Å²) in [6, 6.07) is 16.2. The van der Waals surface area contributed by atoms with E-state index in [1.807, 2.05) is 37.3 Å². The largest absolute Gasteiger partial charge is 0.484 e. The molecule has 6 nitrogen and oxygen atoms in total. The van der Waals surface area contributed by atoms with E-state index in [1.165, 1.54) is 11.8 Å². The number of amides is 2. The summed E-state index contributed by atoms with van der Waals surface area (Å²) in [6.45, 7) is 6.01. The lowest BCUT2D eigenvalue weighted by Crippen LogP contribution is -2.21. The number of carbonyl (C=O) groups excluding carboxylic acids is 2. The lowest BCUT2D eigenvalue weighted by Gasteiger charge is -2.12. The van der Waals surface area contributed by atoms with Crippen LogP contribution in [0.15, 0.2) is 65.3 Å². The number of aryl methyl sites for hydroxylation is 1. The van der Waals surface area contributed by atoms with Gasteiger partial charge in [0.2, 0.25) is 0 Å². The Hall–Kier alpha value is -3.54. The zero-order valence-electron chi connectivity index (χ0n) is 16.7. The highest BCUT2D eigenvalue weighted by atomic mass is 16.5. The van der Waals surface area contributed by atoms with Crippen LogP contribution >= 0.6 is 0 Å². The lowest BCUT2D eigenvalue weighted by atomic mass is 10.0. The lowest BCUT2D eigenvalue weighted by molar-refractivity contribution is -0.118. The average molecular weight is 392 g/mol. The molecule has 150 valence electrons. The van der Waals surface area contributed by atoms with E-state index in [0.717, 1.165) is 5.56 Å². The molecule has 0 aliphatic carbocycles. The van der Waals surface area contributed by atoms with Gasteiger partial charge in [-0.25, -0.2) is 0 Å². The minimum Gasteiger partial charge on any atom is -0.484 e. The van der Waals surface area contributed by atoms with Crippen LogP contribution in [0.25, 0.3) is 0 Å². The average Bonchev–Trinajstić information content (AvgIpc) is 3.24. The van der Waals surface area contributed by atoms with Crippen LogP contribution < -0.4 is 15.4 Å². The molecule has 0 spiro atoms. The van der Waals surface area contributed by atoms with Gasteiger partial charge in [0.1, 0.15) is 5.75 Å². The zero-order chi connectivity index (χ0) is 20.8. The molecule has 6 heteroatoms.